The molecular formula is C28H32F4O. The van der Waals surface area contributed by atoms with Gasteiger partial charge in [-0.05, 0) is 105 Å². The second-order valence-electron chi connectivity index (χ2n) is 9.62. The van der Waals surface area contributed by atoms with Crippen LogP contribution in [-0.4, -0.2) is 6.61 Å². The molecule has 0 aliphatic heterocycles. The van der Waals surface area contributed by atoms with E-state index in [1.54, 1.807) is 12.1 Å². The Hall–Kier alpha value is -2.30. The fraction of sp³-hybridized carbons (Fsp3) is 0.500. The molecule has 5 heteroatoms. The molecule has 0 radical (unpaired) electrons. The van der Waals surface area contributed by atoms with Crippen LogP contribution in [0.3, 0.4) is 0 Å². The van der Waals surface area contributed by atoms with Crippen molar-refractivity contribution in [2.45, 2.75) is 70.8 Å². The highest BCUT2D eigenvalue weighted by molar-refractivity contribution is 5.65. The van der Waals surface area contributed by atoms with Crippen molar-refractivity contribution in [2.24, 2.45) is 17.8 Å². The van der Waals surface area contributed by atoms with E-state index in [-0.39, 0.29) is 5.56 Å². The summed E-state index contributed by atoms with van der Waals surface area (Å²) in [6, 6.07) is 8.74. The Kier molecular flexibility index (Phi) is 7.77. The van der Waals surface area contributed by atoms with Crippen LogP contribution in [0.25, 0.3) is 11.1 Å². The van der Waals surface area contributed by atoms with E-state index in [1.807, 2.05) is 6.07 Å². The number of alkyl halides is 2. The molecule has 33 heavy (non-hydrogen) atoms. The molecule has 0 heterocycles. The first kappa shape index (κ1) is 23.8. The van der Waals surface area contributed by atoms with Gasteiger partial charge in [0.25, 0.3) is 0 Å². The summed E-state index contributed by atoms with van der Waals surface area (Å²) in [5.41, 5.74) is 1.57. The summed E-state index contributed by atoms with van der Waals surface area (Å²) in [5.74, 6) is 0.827. The Bertz CT molecular complexity index is 970. The highest BCUT2D eigenvalue weighted by atomic mass is 19.3. The lowest BCUT2D eigenvalue weighted by Crippen LogP contribution is -2.30. The largest absolute Gasteiger partial charge is 0.432 e. The van der Waals surface area contributed by atoms with Crippen molar-refractivity contribution in [3.63, 3.8) is 0 Å². The maximum absolute atomic E-state index is 15.0. The van der Waals surface area contributed by atoms with Crippen LogP contribution < -0.4 is 4.74 Å². The van der Waals surface area contributed by atoms with Crippen molar-refractivity contribution < 1.29 is 22.3 Å². The van der Waals surface area contributed by atoms with Crippen LogP contribution in [-0.2, 0) is 0 Å². The van der Waals surface area contributed by atoms with Gasteiger partial charge < -0.3 is 4.74 Å². The Balaban J connectivity index is 1.41. The molecule has 4 rings (SSSR count). The number of hydrogen-bond donors (Lipinski definition) is 0. The molecule has 0 amide bonds. The zero-order chi connectivity index (χ0) is 23.4. The second kappa shape index (κ2) is 10.8. The first-order valence-electron chi connectivity index (χ1n) is 12.1. The first-order valence-corrected chi connectivity index (χ1v) is 12.1. The van der Waals surface area contributed by atoms with Crippen LogP contribution in [0.2, 0.25) is 0 Å². The summed E-state index contributed by atoms with van der Waals surface area (Å²) < 4.78 is 57.9. The lowest BCUT2D eigenvalue weighted by atomic mass is 9.63. The van der Waals surface area contributed by atoms with E-state index in [0.29, 0.717) is 11.5 Å². The van der Waals surface area contributed by atoms with E-state index in [2.05, 4.69) is 23.8 Å². The van der Waals surface area contributed by atoms with E-state index < -0.39 is 24.0 Å². The van der Waals surface area contributed by atoms with Gasteiger partial charge in [-0.1, -0.05) is 36.8 Å². The van der Waals surface area contributed by atoms with E-state index >= 15 is 0 Å². The van der Waals surface area contributed by atoms with Crippen molar-refractivity contribution in [3.05, 3.63) is 65.7 Å². The number of ether oxygens (including phenoxy) is 1. The highest BCUT2D eigenvalue weighted by Crippen LogP contribution is 2.48. The standard InChI is InChI=1S/C28H32F4O/c1-2-3-4-5-18-6-7-20-15-21(9-8-19(20)14-18)22-10-12-24(25(29)16-22)23-11-13-27(26(30)17-23)33-28(31)32/h2-3,10-13,16-21,28H,4-9,14-15H2,1H3/b3-2+. The second-order valence-corrected chi connectivity index (χ2v) is 9.62. The van der Waals surface area contributed by atoms with Crippen molar-refractivity contribution in [1.82, 2.24) is 0 Å². The summed E-state index contributed by atoms with van der Waals surface area (Å²) in [4.78, 5) is 0. The van der Waals surface area contributed by atoms with Gasteiger partial charge in [0.1, 0.15) is 5.82 Å². The van der Waals surface area contributed by atoms with Gasteiger partial charge in [0.15, 0.2) is 11.6 Å². The number of fused-ring (bicyclic) bond motifs is 1. The average molecular weight is 461 g/mol. The molecule has 0 saturated heterocycles. The third-order valence-corrected chi connectivity index (χ3v) is 7.62. The van der Waals surface area contributed by atoms with Crippen LogP contribution in [0.15, 0.2) is 48.6 Å². The van der Waals surface area contributed by atoms with Gasteiger partial charge in [-0.2, -0.15) is 8.78 Å². The normalized spacial score (nSPS) is 25.4. The lowest BCUT2D eigenvalue weighted by molar-refractivity contribution is -0.0521. The first-order chi connectivity index (χ1) is 15.9. The summed E-state index contributed by atoms with van der Waals surface area (Å²) >= 11 is 0. The molecular weight excluding hydrogens is 428 g/mol. The Morgan fingerprint density at radius 2 is 1.73 bits per heavy atom. The predicted molar refractivity (Wildman–Crippen MR) is 123 cm³/mol. The average Bonchev–Trinajstić information content (AvgIpc) is 2.80. The maximum atomic E-state index is 15.0. The summed E-state index contributed by atoms with van der Waals surface area (Å²) in [7, 11) is 0. The summed E-state index contributed by atoms with van der Waals surface area (Å²) in [5, 5.41) is 0. The van der Waals surface area contributed by atoms with Crippen molar-refractivity contribution >= 4 is 0 Å². The number of benzene rings is 2. The van der Waals surface area contributed by atoms with Gasteiger partial charge in [-0.25, -0.2) is 8.78 Å². The molecule has 0 aromatic heterocycles. The highest BCUT2D eigenvalue weighted by Gasteiger charge is 2.35. The quantitative estimate of drug-likeness (QED) is 0.296. The van der Waals surface area contributed by atoms with Crippen LogP contribution in [0.5, 0.6) is 5.75 Å². The minimum Gasteiger partial charge on any atom is -0.432 e. The molecule has 4 atom stereocenters. The molecule has 4 unspecified atom stereocenters. The van der Waals surface area contributed by atoms with E-state index in [0.717, 1.165) is 48.3 Å². The monoisotopic (exact) mass is 460 g/mol. The molecule has 2 aliphatic rings. The Labute approximate surface area is 193 Å². The lowest BCUT2D eigenvalue weighted by Gasteiger charge is -2.42. The fourth-order valence-corrected chi connectivity index (χ4v) is 5.93. The summed E-state index contributed by atoms with van der Waals surface area (Å²) in [6.45, 7) is -1.03. The zero-order valence-electron chi connectivity index (χ0n) is 19.1. The molecule has 0 N–H and O–H groups in total. The molecule has 2 fully saturated rings. The molecule has 1 nitrogen and oxygen atoms in total. The number of hydrogen-bond acceptors (Lipinski definition) is 1. The van der Waals surface area contributed by atoms with Gasteiger partial charge in [0.05, 0.1) is 0 Å². The van der Waals surface area contributed by atoms with Gasteiger partial charge in [-0.3, -0.25) is 0 Å². The Morgan fingerprint density at radius 1 is 0.939 bits per heavy atom. The van der Waals surface area contributed by atoms with E-state index in [9.17, 15) is 17.6 Å². The molecule has 0 spiro atoms. The molecule has 2 aromatic carbocycles. The third-order valence-electron chi connectivity index (χ3n) is 7.62. The predicted octanol–water partition coefficient (Wildman–Crippen LogP) is 8.89. The molecule has 2 saturated carbocycles. The van der Waals surface area contributed by atoms with Crippen LogP contribution in [0, 0.1) is 29.4 Å². The topological polar surface area (TPSA) is 9.23 Å². The zero-order valence-corrected chi connectivity index (χ0v) is 19.1. The van der Waals surface area contributed by atoms with E-state index in [1.165, 1.54) is 44.6 Å². The third kappa shape index (κ3) is 5.80. The SMILES string of the molecule is C/C=C/CCC1CCC2CC(c3ccc(-c4ccc(OC(F)F)c(F)c4)c(F)c3)CCC2C1. The molecule has 2 aromatic rings. The smallest absolute Gasteiger partial charge is 0.387 e. The van der Waals surface area contributed by atoms with Crippen molar-refractivity contribution in [2.75, 3.05) is 0 Å². The van der Waals surface area contributed by atoms with Gasteiger partial charge in [0.2, 0.25) is 0 Å². The van der Waals surface area contributed by atoms with Gasteiger partial charge in [-0.15, -0.1) is 0 Å². The minimum absolute atomic E-state index is 0.261. The number of rotatable bonds is 7. The summed E-state index contributed by atoms with van der Waals surface area (Å²) in [6.07, 6.45) is 14.2. The van der Waals surface area contributed by atoms with Crippen LogP contribution >= 0.6 is 0 Å². The van der Waals surface area contributed by atoms with Crippen LogP contribution in [0.1, 0.15) is 69.8 Å². The molecule has 178 valence electrons. The van der Waals surface area contributed by atoms with E-state index in [4.69, 9.17) is 0 Å². The van der Waals surface area contributed by atoms with Crippen molar-refractivity contribution in [3.8, 4) is 16.9 Å². The number of halogens is 4. The van der Waals surface area contributed by atoms with Gasteiger partial charge in [0, 0.05) is 5.56 Å². The maximum Gasteiger partial charge on any atom is 0.387 e. The van der Waals surface area contributed by atoms with Crippen molar-refractivity contribution in [1.29, 1.82) is 0 Å². The Morgan fingerprint density at radius 3 is 2.45 bits per heavy atom. The number of allylic oxidation sites excluding steroid dienone is 2. The molecule has 2 aliphatic carbocycles. The molecule has 0 bridgehead atoms. The fourth-order valence-electron chi connectivity index (χ4n) is 5.93. The van der Waals surface area contributed by atoms with Gasteiger partial charge >= 0.3 is 6.61 Å². The minimum atomic E-state index is -3.11. The van der Waals surface area contributed by atoms with Crippen LogP contribution in [0.4, 0.5) is 17.6 Å².